The maximum atomic E-state index is 12.6. The first-order chi connectivity index (χ1) is 12.3. The number of hydrogen-bond donors (Lipinski definition) is 1. The van der Waals surface area contributed by atoms with Crippen LogP contribution in [0, 0.1) is 13.8 Å². The third-order valence-corrected chi connectivity index (χ3v) is 6.48. The van der Waals surface area contributed by atoms with Crippen LogP contribution < -0.4 is 9.62 Å². The van der Waals surface area contributed by atoms with Crippen LogP contribution in [-0.4, -0.2) is 26.6 Å². The molecule has 0 radical (unpaired) electrons. The van der Waals surface area contributed by atoms with Crippen molar-refractivity contribution in [1.29, 1.82) is 0 Å². The van der Waals surface area contributed by atoms with Gasteiger partial charge in [-0.25, -0.2) is 8.42 Å². The highest BCUT2D eigenvalue weighted by Gasteiger charge is 2.28. The number of carbonyl (C=O) groups excluding carboxylic acids is 1. The SMILES string of the molecule is Cc1cc(C)cc(NC(=O)c2ccc(Cl)c(N3CCCCS3(=O)=O)c2)c1. The number of halogens is 1. The van der Waals surface area contributed by atoms with Crippen molar-refractivity contribution in [2.24, 2.45) is 0 Å². The second-order valence-corrected chi connectivity index (χ2v) is 9.01. The molecule has 1 aliphatic rings. The number of carbonyl (C=O) groups is 1. The lowest BCUT2D eigenvalue weighted by atomic mass is 10.1. The van der Waals surface area contributed by atoms with Crippen molar-refractivity contribution in [2.75, 3.05) is 21.9 Å². The van der Waals surface area contributed by atoms with Crippen molar-refractivity contribution in [1.82, 2.24) is 0 Å². The van der Waals surface area contributed by atoms with Crippen LogP contribution in [0.1, 0.15) is 34.3 Å². The summed E-state index contributed by atoms with van der Waals surface area (Å²) in [5.74, 6) is -0.204. The van der Waals surface area contributed by atoms with Crippen LogP contribution in [-0.2, 0) is 10.0 Å². The van der Waals surface area contributed by atoms with E-state index in [1.54, 1.807) is 18.2 Å². The van der Waals surface area contributed by atoms with E-state index in [9.17, 15) is 13.2 Å². The van der Waals surface area contributed by atoms with E-state index in [1.165, 1.54) is 4.31 Å². The zero-order chi connectivity index (χ0) is 18.9. The van der Waals surface area contributed by atoms with E-state index in [1.807, 2.05) is 32.0 Å². The van der Waals surface area contributed by atoms with E-state index < -0.39 is 10.0 Å². The minimum absolute atomic E-state index is 0.0995. The number of rotatable bonds is 3. The molecule has 1 aliphatic heterocycles. The zero-order valence-electron chi connectivity index (χ0n) is 14.8. The predicted molar refractivity (Wildman–Crippen MR) is 106 cm³/mol. The Kier molecular flexibility index (Phi) is 5.25. The third-order valence-electron chi connectivity index (χ3n) is 4.31. The van der Waals surface area contributed by atoms with Gasteiger partial charge in [0.2, 0.25) is 10.0 Å². The van der Waals surface area contributed by atoms with Crippen molar-refractivity contribution in [3.63, 3.8) is 0 Å². The first kappa shape index (κ1) is 18.7. The Morgan fingerprint density at radius 1 is 1.08 bits per heavy atom. The molecule has 0 saturated carbocycles. The maximum Gasteiger partial charge on any atom is 0.255 e. The van der Waals surface area contributed by atoms with E-state index in [-0.39, 0.29) is 11.7 Å². The summed E-state index contributed by atoms with van der Waals surface area (Å²) < 4.78 is 26.0. The average molecular weight is 393 g/mol. The van der Waals surface area contributed by atoms with Gasteiger partial charge in [-0.2, -0.15) is 0 Å². The smallest absolute Gasteiger partial charge is 0.255 e. The molecule has 2 aromatic carbocycles. The molecule has 3 rings (SSSR count). The highest BCUT2D eigenvalue weighted by atomic mass is 35.5. The summed E-state index contributed by atoms with van der Waals surface area (Å²) in [7, 11) is -3.39. The van der Waals surface area contributed by atoms with Gasteiger partial charge in [-0.3, -0.25) is 9.10 Å². The average Bonchev–Trinajstić information content (AvgIpc) is 2.54. The Morgan fingerprint density at radius 3 is 2.42 bits per heavy atom. The minimum Gasteiger partial charge on any atom is -0.322 e. The normalized spacial score (nSPS) is 16.3. The van der Waals surface area contributed by atoms with Gasteiger partial charge in [0, 0.05) is 17.8 Å². The number of aryl methyl sites for hydroxylation is 2. The van der Waals surface area contributed by atoms with Crippen molar-refractivity contribution < 1.29 is 13.2 Å². The Morgan fingerprint density at radius 2 is 1.77 bits per heavy atom. The molecule has 1 fully saturated rings. The van der Waals surface area contributed by atoms with Gasteiger partial charge in [-0.05, 0) is 68.1 Å². The molecule has 2 aromatic rings. The molecule has 0 spiro atoms. The molecule has 1 amide bonds. The van der Waals surface area contributed by atoms with Gasteiger partial charge in [-0.15, -0.1) is 0 Å². The predicted octanol–water partition coefficient (Wildman–Crippen LogP) is 4.14. The molecule has 1 heterocycles. The van der Waals surface area contributed by atoms with Gasteiger partial charge in [-0.1, -0.05) is 17.7 Å². The summed E-state index contributed by atoms with van der Waals surface area (Å²) in [5.41, 5.74) is 3.53. The summed E-state index contributed by atoms with van der Waals surface area (Å²) in [6, 6.07) is 10.5. The molecule has 5 nitrogen and oxygen atoms in total. The molecule has 0 atom stereocenters. The molecule has 138 valence electrons. The number of hydrogen-bond acceptors (Lipinski definition) is 3. The van der Waals surface area contributed by atoms with E-state index >= 15 is 0 Å². The number of nitrogens with one attached hydrogen (secondary N) is 1. The Hall–Kier alpha value is -2.05. The first-order valence-electron chi connectivity index (χ1n) is 8.46. The highest BCUT2D eigenvalue weighted by Crippen LogP contribution is 2.32. The first-order valence-corrected chi connectivity index (χ1v) is 10.4. The minimum atomic E-state index is -3.39. The van der Waals surface area contributed by atoms with Crippen molar-refractivity contribution in [3.8, 4) is 0 Å². The van der Waals surface area contributed by atoms with Crippen molar-refractivity contribution in [3.05, 3.63) is 58.1 Å². The number of amides is 1. The molecule has 0 aliphatic carbocycles. The Balaban J connectivity index is 1.90. The summed E-state index contributed by atoms with van der Waals surface area (Å²) in [4.78, 5) is 12.6. The van der Waals surface area contributed by atoms with Crippen LogP contribution in [0.3, 0.4) is 0 Å². The quantitative estimate of drug-likeness (QED) is 0.853. The van der Waals surface area contributed by atoms with Crippen LogP contribution in [0.2, 0.25) is 5.02 Å². The van der Waals surface area contributed by atoms with E-state index in [0.29, 0.717) is 34.9 Å². The Labute approximate surface area is 159 Å². The maximum absolute atomic E-state index is 12.6. The van der Waals surface area contributed by atoms with Gasteiger partial charge in [0.1, 0.15) is 0 Å². The van der Waals surface area contributed by atoms with E-state index in [4.69, 9.17) is 11.6 Å². The fourth-order valence-corrected chi connectivity index (χ4v) is 5.07. The van der Waals surface area contributed by atoms with Crippen LogP contribution in [0.4, 0.5) is 11.4 Å². The largest absolute Gasteiger partial charge is 0.322 e. The summed E-state index contributed by atoms with van der Waals surface area (Å²) in [5, 5.41) is 3.18. The summed E-state index contributed by atoms with van der Waals surface area (Å²) >= 11 is 6.23. The lowest BCUT2D eigenvalue weighted by Gasteiger charge is -2.29. The topological polar surface area (TPSA) is 66.5 Å². The second kappa shape index (κ2) is 7.29. The second-order valence-electron chi connectivity index (χ2n) is 6.59. The molecule has 0 bridgehead atoms. The monoisotopic (exact) mass is 392 g/mol. The standard InChI is InChI=1S/C19H21ClN2O3S/c1-13-9-14(2)11-16(10-13)21-19(23)15-5-6-17(20)18(12-15)22-7-3-4-8-26(22,24)25/h5-6,9-12H,3-4,7-8H2,1-2H3,(H,21,23). The third kappa shape index (κ3) is 4.02. The molecular formula is C19H21ClN2O3S. The molecule has 1 saturated heterocycles. The molecule has 7 heteroatoms. The number of sulfonamides is 1. The number of nitrogens with zero attached hydrogens (tertiary/aromatic N) is 1. The molecule has 0 aromatic heterocycles. The molecular weight excluding hydrogens is 372 g/mol. The van der Waals surface area contributed by atoms with E-state index in [2.05, 4.69) is 5.32 Å². The molecule has 0 unspecified atom stereocenters. The van der Waals surface area contributed by atoms with Gasteiger partial charge < -0.3 is 5.32 Å². The highest BCUT2D eigenvalue weighted by molar-refractivity contribution is 7.92. The fourth-order valence-electron chi connectivity index (χ4n) is 3.15. The molecule has 1 N–H and O–H groups in total. The van der Waals surface area contributed by atoms with Gasteiger partial charge >= 0.3 is 0 Å². The summed E-state index contributed by atoms with van der Waals surface area (Å²) in [6.45, 7) is 4.30. The van der Waals surface area contributed by atoms with Crippen molar-refractivity contribution in [2.45, 2.75) is 26.7 Å². The van der Waals surface area contributed by atoms with Crippen LogP contribution in [0.25, 0.3) is 0 Å². The fraction of sp³-hybridized carbons (Fsp3) is 0.316. The van der Waals surface area contributed by atoms with Crippen LogP contribution in [0.15, 0.2) is 36.4 Å². The lowest BCUT2D eigenvalue weighted by molar-refractivity contribution is 0.102. The lowest BCUT2D eigenvalue weighted by Crippen LogP contribution is -2.38. The van der Waals surface area contributed by atoms with Crippen LogP contribution in [0.5, 0.6) is 0 Å². The number of benzene rings is 2. The molecule has 26 heavy (non-hydrogen) atoms. The van der Waals surface area contributed by atoms with Crippen LogP contribution >= 0.6 is 11.6 Å². The zero-order valence-corrected chi connectivity index (χ0v) is 16.3. The number of anilines is 2. The van der Waals surface area contributed by atoms with Gasteiger partial charge in [0.05, 0.1) is 16.5 Å². The van der Waals surface area contributed by atoms with Crippen molar-refractivity contribution >= 4 is 38.9 Å². The van der Waals surface area contributed by atoms with Gasteiger partial charge in [0.15, 0.2) is 0 Å². The van der Waals surface area contributed by atoms with Gasteiger partial charge in [0.25, 0.3) is 5.91 Å². The van der Waals surface area contributed by atoms with E-state index in [0.717, 1.165) is 17.5 Å². The Bertz CT molecular complexity index is 937. The summed E-state index contributed by atoms with van der Waals surface area (Å²) in [6.07, 6.45) is 1.41.